The number of carbonyl (C=O) groups is 1. The summed E-state index contributed by atoms with van der Waals surface area (Å²) in [5, 5.41) is 3.23. The van der Waals surface area contributed by atoms with Crippen molar-refractivity contribution in [3.8, 4) is 0 Å². The number of hydrogen-bond donors (Lipinski definition) is 1. The summed E-state index contributed by atoms with van der Waals surface area (Å²) >= 11 is 2.22. The van der Waals surface area contributed by atoms with Crippen LogP contribution in [-0.2, 0) is 0 Å². The van der Waals surface area contributed by atoms with Crippen LogP contribution in [0.4, 0.5) is 0 Å². The third-order valence-electron chi connectivity index (χ3n) is 3.19. The molecule has 0 saturated carbocycles. The van der Waals surface area contributed by atoms with Gasteiger partial charge in [-0.05, 0) is 34.7 Å². The molecule has 0 atom stereocenters. The van der Waals surface area contributed by atoms with Crippen molar-refractivity contribution in [3.63, 3.8) is 0 Å². The Balaban J connectivity index is 2.04. The maximum atomic E-state index is 12.7. The molecule has 0 spiro atoms. The molecule has 0 amide bonds. The molecule has 1 heterocycles. The average molecular weight is 376 g/mol. The van der Waals surface area contributed by atoms with Crippen LogP contribution >= 0.6 is 22.6 Å². The van der Waals surface area contributed by atoms with Gasteiger partial charge in [-0.2, -0.15) is 0 Å². The number of ketones is 1. The molecule has 0 aromatic heterocycles. The Morgan fingerprint density at radius 3 is 2.75 bits per heavy atom. The Morgan fingerprint density at radius 1 is 1.15 bits per heavy atom. The lowest BCUT2D eigenvalue weighted by molar-refractivity contribution is 0.103. The van der Waals surface area contributed by atoms with Gasteiger partial charge >= 0.3 is 0 Å². The molecule has 100 valence electrons. The minimum absolute atomic E-state index is 0.0375. The smallest absolute Gasteiger partial charge is 0.193 e. The number of carbonyl (C=O) groups excluding carboxylic acids is 1. The van der Waals surface area contributed by atoms with E-state index in [4.69, 9.17) is 0 Å². The predicted molar refractivity (Wildman–Crippen MR) is 88.4 cm³/mol. The van der Waals surface area contributed by atoms with Gasteiger partial charge in [0.05, 0.1) is 6.54 Å². The van der Waals surface area contributed by atoms with Gasteiger partial charge in [0.15, 0.2) is 5.78 Å². The number of rotatable bonds is 3. The van der Waals surface area contributed by atoms with Crippen LogP contribution in [0.15, 0.2) is 53.5 Å². The van der Waals surface area contributed by atoms with Crippen molar-refractivity contribution in [1.82, 2.24) is 5.32 Å². The number of nitrogens with one attached hydrogen (secondary N) is 1. The van der Waals surface area contributed by atoms with Gasteiger partial charge in [-0.15, -0.1) is 0 Å². The van der Waals surface area contributed by atoms with Crippen LogP contribution in [0, 0.1) is 3.57 Å². The fourth-order valence-corrected chi connectivity index (χ4v) is 2.79. The first-order valence-corrected chi connectivity index (χ1v) is 7.51. The van der Waals surface area contributed by atoms with Crippen molar-refractivity contribution in [1.29, 1.82) is 0 Å². The Labute approximate surface area is 131 Å². The van der Waals surface area contributed by atoms with Gasteiger partial charge in [0.1, 0.15) is 5.84 Å². The van der Waals surface area contributed by atoms with Gasteiger partial charge < -0.3 is 5.32 Å². The van der Waals surface area contributed by atoms with Crippen LogP contribution in [0.5, 0.6) is 0 Å². The van der Waals surface area contributed by atoms with E-state index in [0.717, 1.165) is 28.1 Å². The van der Waals surface area contributed by atoms with Crippen molar-refractivity contribution < 1.29 is 4.79 Å². The Bertz CT molecular complexity index is 694. The minimum atomic E-state index is 0.0375. The first kappa shape index (κ1) is 13.3. The number of aliphatic imine (C=N–C) groups is 1. The molecule has 3 nitrogen and oxygen atoms in total. The predicted octanol–water partition coefficient (Wildman–Crippen LogP) is 2.87. The van der Waals surface area contributed by atoms with E-state index < -0.39 is 0 Å². The van der Waals surface area contributed by atoms with Crippen molar-refractivity contribution in [2.45, 2.75) is 0 Å². The monoisotopic (exact) mass is 376 g/mol. The molecular weight excluding hydrogens is 363 g/mol. The lowest BCUT2D eigenvalue weighted by Gasteiger charge is -2.09. The summed E-state index contributed by atoms with van der Waals surface area (Å²) in [5.41, 5.74) is 2.29. The van der Waals surface area contributed by atoms with Crippen LogP contribution in [-0.4, -0.2) is 24.7 Å². The van der Waals surface area contributed by atoms with Crippen molar-refractivity contribution >= 4 is 34.2 Å². The third-order valence-corrected chi connectivity index (χ3v) is 3.86. The molecule has 0 unspecified atom stereocenters. The SMILES string of the molecule is O=C(c1cccc(I)c1)c1ccccc1C1=NCCN1. The number of benzene rings is 2. The van der Waals surface area contributed by atoms with Gasteiger partial charge in [0, 0.05) is 26.8 Å². The zero-order valence-electron chi connectivity index (χ0n) is 10.8. The van der Waals surface area contributed by atoms with E-state index in [2.05, 4.69) is 32.9 Å². The van der Waals surface area contributed by atoms with Crippen LogP contribution in [0.1, 0.15) is 21.5 Å². The molecular formula is C16H13IN2O. The van der Waals surface area contributed by atoms with Crippen LogP contribution in [0.2, 0.25) is 0 Å². The maximum Gasteiger partial charge on any atom is 0.193 e. The zero-order valence-corrected chi connectivity index (χ0v) is 12.9. The average Bonchev–Trinajstić information content (AvgIpc) is 3.00. The van der Waals surface area contributed by atoms with Crippen molar-refractivity contribution in [3.05, 3.63) is 68.8 Å². The highest BCUT2D eigenvalue weighted by Gasteiger charge is 2.18. The third kappa shape index (κ3) is 2.60. The molecule has 0 fully saturated rings. The summed E-state index contributed by atoms with van der Waals surface area (Å²) < 4.78 is 1.06. The summed E-state index contributed by atoms with van der Waals surface area (Å²) in [5.74, 6) is 0.857. The quantitative estimate of drug-likeness (QED) is 0.661. The fourth-order valence-electron chi connectivity index (χ4n) is 2.25. The molecule has 0 bridgehead atoms. The van der Waals surface area contributed by atoms with E-state index in [1.54, 1.807) is 0 Å². The second kappa shape index (κ2) is 5.75. The Morgan fingerprint density at radius 2 is 2.00 bits per heavy atom. The van der Waals surface area contributed by atoms with Crippen LogP contribution < -0.4 is 5.32 Å². The summed E-state index contributed by atoms with van der Waals surface area (Å²) in [6.45, 7) is 1.60. The van der Waals surface area contributed by atoms with Gasteiger partial charge in [0.25, 0.3) is 0 Å². The van der Waals surface area contributed by atoms with Crippen LogP contribution in [0.3, 0.4) is 0 Å². The molecule has 1 aliphatic heterocycles. The Hall–Kier alpha value is -1.69. The maximum absolute atomic E-state index is 12.7. The van der Waals surface area contributed by atoms with Crippen molar-refractivity contribution in [2.75, 3.05) is 13.1 Å². The number of amidine groups is 1. The zero-order chi connectivity index (χ0) is 13.9. The lowest BCUT2D eigenvalue weighted by atomic mass is 9.98. The minimum Gasteiger partial charge on any atom is -0.368 e. The van der Waals surface area contributed by atoms with E-state index in [1.165, 1.54) is 0 Å². The second-order valence-corrected chi connectivity index (χ2v) is 5.79. The van der Waals surface area contributed by atoms with E-state index in [9.17, 15) is 4.79 Å². The fraction of sp³-hybridized carbons (Fsp3) is 0.125. The van der Waals surface area contributed by atoms with Gasteiger partial charge in [-0.1, -0.05) is 36.4 Å². The topological polar surface area (TPSA) is 41.5 Å². The van der Waals surface area contributed by atoms with E-state index in [1.807, 2.05) is 48.5 Å². The Kier molecular flexibility index (Phi) is 3.82. The van der Waals surface area contributed by atoms with E-state index in [0.29, 0.717) is 11.1 Å². The first-order valence-electron chi connectivity index (χ1n) is 6.44. The molecule has 1 aliphatic rings. The molecule has 2 aromatic carbocycles. The summed E-state index contributed by atoms with van der Waals surface area (Å²) in [6, 6.07) is 15.3. The molecule has 0 aliphatic carbocycles. The summed E-state index contributed by atoms with van der Waals surface area (Å²) in [6.07, 6.45) is 0. The molecule has 3 rings (SSSR count). The normalized spacial score (nSPS) is 13.8. The van der Waals surface area contributed by atoms with Crippen molar-refractivity contribution in [2.24, 2.45) is 4.99 Å². The molecule has 1 N–H and O–H groups in total. The first-order chi connectivity index (χ1) is 9.75. The highest BCUT2D eigenvalue weighted by Crippen LogP contribution is 2.17. The molecule has 20 heavy (non-hydrogen) atoms. The van der Waals surface area contributed by atoms with Gasteiger partial charge in [-0.3, -0.25) is 9.79 Å². The van der Waals surface area contributed by atoms with E-state index in [-0.39, 0.29) is 5.78 Å². The highest BCUT2D eigenvalue weighted by molar-refractivity contribution is 14.1. The molecule has 0 saturated heterocycles. The largest absolute Gasteiger partial charge is 0.368 e. The molecule has 0 radical (unpaired) electrons. The number of halogens is 1. The van der Waals surface area contributed by atoms with E-state index >= 15 is 0 Å². The number of hydrogen-bond acceptors (Lipinski definition) is 3. The molecule has 2 aromatic rings. The summed E-state index contributed by atoms with van der Waals surface area (Å²) in [4.78, 5) is 17.1. The van der Waals surface area contributed by atoms with Gasteiger partial charge in [0.2, 0.25) is 0 Å². The van der Waals surface area contributed by atoms with Crippen LogP contribution in [0.25, 0.3) is 0 Å². The summed E-state index contributed by atoms with van der Waals surface area (Å²) in [7, 11) is 0. The van der Waals surface area contributed by atoms with Gasteiger partial charge in [-0.25, -0.2) is 0 Å². The lowest BCUT2D eigenvalue weighted by Crippen LogP contribution is -2.22. The molecule has 4 heteroatoms. The second-order valence-electron chi connectivity index (χ2n) is 4.54. The highest BCUT2D eigenvalue weighted by atomic mass is 127. The number of nitrogens with zero attached hydrogens (tertiary/aromatic N) is 1. The standard InChI is InChI=1S/C16H13IN2O/c17-12-5-3-4-11(10-12)15(20)13-6-1-2-7-14(13)16-18-8-9-19-16/h1-7,10H,8-9H2,(H,18,19).